The number of nitrogens with zero attached hydrogens (tertiary/aromatic N) is 4. The third kappa shape index (κ3) is 3.68. The van der Waals surface area contributed by atoms with Crippen molar-refractivity contribution >= 4 is 17.0 Å². The van der Waals surface area contributed by atoms with Gasteiger partial charge in [-0.1, -0.05) is 19.9 Å². The molecule has 0 aliphatic rings. The van der Waals surface area contributed by atoms with Gasteiger partial charge in [-0.2, -0.15) is 0 Å². The van der Waals surface area contributed by atoms with E-state index in [1.165, 1.54) is 10.7 Å². The Morgan fingerprint density at radius 3 is 2.74 bits per heavy atom. The molecule has 0 saturated carbocycles. The molecule has 3 aromatic heterocycles. The van der Waals surface area contributed by atoms with Gasteiger partial charge in [-0.05, 0) is 18.4 Å². The van der Waals surface area contributed by atoms with Crippen LogP contribution < -0.4 is 5.56 Å². The minimum Gasteiger partial charge on any atom is -0.381 e. The highest BCUT2D eigenvalue weighted by molar-refractivity contribution is 7.13. The topological polar surface area (TPSA) is 61.4 Å². The molecular weight excluding hydrogens is 312 g/mol. The van der Waals surface area contributed by atoms with E-state index in [-0.39, 0.29) is 5.56 Å². The van der Waals surface area contributed by atoms with E-state index in [9.17, 15) is 4.79 Å². The lowest BCUT2D eigenvalue weighted by atomic mass is 10.4. The number of fused-ring (bicyclic) bond motifs is 1. The summed E-state index contributed by atoms with van der Waals surface area (Å²) in [5.41, 5.74) is 0.526. The van der Waals surface area contributed by atoms with Crippen LogP contribution in [0.5, 0.6) is 0 Å². The molecule has 124 valence electrons. The molecule has 0 aliphatic carbocycles. The van der Waals surface area contributed by atoms with E-state index in [4.69, 9.17) is 4.74 Å². The monoisotopic (exact) mass is 334 g/mol. The molecule has 0 radical (unpaired) electrons. The van der Waals surface area contributed by atoms with Crippen LogP contribution in [0.15, 0.2) is 28.4 Å². The fourth-order valence-corrected chi connectivity index (χ4v) is 2.85. The third-order valence-corrected chi connectivity index (χ3v) is 4.07. The highest BCUT2D eigenvalue weighted by Crippen LogP contribution is 2.21. The molecule has 0 spiro atoms. The fraction of sp³-hybridized carbons (Fsp3) is 0.438. The van der Waals surface area contributed by atoms with Crippen LogP contribution in [0.4, 0.5) is 0 Å². The summed E-state index contributed by atoms with van der Waals surface area (Å²) in [6, 6.07) is 5.47. The highest BCUT2D eigenvalue weighted by Gasteiger charge is 2.13. The fourth-order valence-electron chi connectivity index (χ4n) is 2.19. The van der Waals surface area contributed by atoms with Crippen molar-refractivity contribution in [2.45, 2.75) is 27.2 Å². The molecule has 0 bridgehead atoms. The van der Waals surface area contributed by atoms with Crippen LogP contribution >= 0.6 is 11.3 Å². The average Bonchev–Trinajstić information content (AvgIpc) is 3.19. The van der Waals surface area contributed by atoms with Crippen molar-refractivity contribution in [1.82, 2.24) is 19.2 Å². The van der Waals surface area contributed by atoms with E-state index in [0.717, 1.165) is 10.7 Å². The highest BCUT2D eigenvalue weighted by atomic mass is 32.1. The number of rotatable bonds is 5. The van der Waals surface area contributed by atoms with Gasteiger partial charge in [-0.15, -0.1) is 11.3 Å². The summed E-state index contributed by atoms with van der Waals surface area (Å²) in [5, 5.41) is 1.99. The van der Waals surface area contributed by atoms with Crippen molar-refractivity contribution in [3.05, 3.63) is 39.8 Å². The maximum absolute atomic E-state index is 11.9. The van der Waals surface area contributed by atoms with E-state index in [2.05, 4.69) is 9.97 Å². The van der Waals surface area contributed by atoms with Crippen molar-refractivity contribution in [3.63, 3.8) is 0 Å². The van der Waals surface area contributed by atoms with Gasteiger partial charge in [0.2, 0.25) is 0 Å². The Kier molecular flexibility index (Phi) is 6.06. The summed E-state index contributed by atoms with van der Waals surface area (Å²) in [5.74, 6) is 1.43. The molecule has 3 rings (SSSR count). The predicted molar refractivity (Wildman–Crippen MR) is 93.1 cm³/mol. The van der Waals surface area contributed by atoms with Crippen molar-refractivity contribution < 1.29 is 4.74 Å². The Bertz CT molecular complexity index is 805. The molecule has 3 heterocycles. The Hall–Kier alpha value is -1.99. The molecule has 23 heavy (non-hydrogen) atoms. The molecule has 6 nitrogen and oxygen atoms in total. The number of hydrogen-bond acceptors (Lipinski definition) is 5. The van der Waals surface area contributed by atoms with Gasteiger partial charge in [-0.25, -0.2) is 19.2 Å². The molecule has 0 atom stereocenters. The van der Waals surface area contributed by atoms with Crippen LogP contribution in [0, 0.1) is 0 Å². The third-order valence-electron chi connectivity index (χ3n) is 3.20. The quantitative estimate of drug-likeness (QED) is 0.673. The Balaban J connectivity index is 0.000000924. The van der Waals surface area contributed by atoms with E-state index in [1.807, 2.05) is 38.3 Å². The second-order valence-corrected chi connectivity index (χ2v) is 5.51. The molecule has 3 aromatic rings. The van der Waals surface area contributed by atoms with Crippen molar-refractivity contribution in [1.29, 1.82) is 0 Å². The van der Waals surface area contributed by atoms with Crippen LogP contribution in [0.1, 0.15) is 26.6 Å². The maximum atomic E-state index is 11.9. The normalized spacial score (nSPS) is 10.6. The molecule has 0 N–H and O–H groups in total. The predicted octanol–water partition coefficient (Wildman–Crippen LogP) is 2.76. The minimum atomic E-state index is -0.0923. The van der Waals surface area contributed by atoms with E-state index >= 15 is 0 Å². The van der Waals surface area contributed by atoms with Gasteiger partial charge in [0.25, 0.3) is 5.56 Å². The lowest BCUT2D eigenvalue weighted by molar-refractivity contribution is 0.149. The molecule has 0 fully saturated rings. The van der Waals surface area contributed by atoms with Crippen LogP contribution in [-0.2, 0) is 18.2 Å². The Morgan fingerprint density at radius 2 is 2.09 bits per heavy atom. The summed E-state index contributed by atoms with van der Waals surface area (Å²) < 4.78 is 8.68. The van der Waals surface area contributed by atoms with E-state index < -0.39 is 0 Å². The zero-order valence-electron chi connectivity index (χ0n) is 13.9. The SMILES string of the molecule is CC.CCOCCc1nc(-c2cccs2)nc2cc(=O)n(C)n12. The molecule has 0 aromatic carbocycles. The van der Waals surface area contributed by atoms with Gasteiger partial charge in [-0.3, -0.25) is 4.79 Å². The van der Waals surface area contributed by atoms with Crippen LogP contribution in [0.2, 0.25) is 0 Å². The second-order valence-electron chi connectivity index (χ2n) is 4.56. The summed E-state index contributed by atoms with van der Waals surface area (Å²) in [4.78, 5) is 22.0. The lowest BCUT2D eigenvalue weighted by Gasteiger charge is -2.09. The van der Waals surface area contributed by atoms with E-state index in [0.29, 0.717) is 31.1 Å². The summed E-state index contributed by atoms with van der Waals surface area (Å²) in [6.07, 6.45) is 0.632. The van der Waals surface area contributed by atoms with Gasteiger partial charge in [0.15, 0.2) is 11.5 Å². The first-order valence-electron chi connectivity index (χ1n) is 7.78. The number of hydrogen-bond donors (Lipinski definition) is 0. The molecule has 7 heteroatoms. The van der Waals surface area contributed by atoms with Gasteiger partial charge < -0.3 is 4.74 Å². The zero-order chi connectivity index (χ0) is 16.8. The average molecular weight is 334 g/mol. The zero-order valence-corrected chi connectivity index (χ0v) is 14.8. The molecular formula is C16H22N4O2S. The summed E-state index contributed by atoms with van der Waals surface area (Å²) in [7, 11) is 1.72. The van der Waals surface area contributed by atoms with Crippen molar-refractivity contribution in [3.8, 4) is 10.7 Å². The first-order valence-corrected chi connectivity index (χ1v) is 8.66. The number of aromatic nitrogens is 4. The van der Waals surface area contributed by atoms with Gasteiger partial charge in [0.1, 0.15) is 5.82 Å². The largest absolute Gasteiger partial charge is 0.381 e. The van der Waals surface area contributed by atoms with E-state index in [1.54, 1.807) is 22.9 Å². The number of thiophene rings is 1. The van der Waals surface area contributed by atoms with Crippen molar-refractivity contribution in [2.75, 3.05) is 13.2 Å². The first-order chi connectivity index (χ1) is 11.2. The van der Waals surface area contributed by atoms with Crippen molar-refractivity contribution in [2.24, 2.45) is 7.05 Å². The van der Waals surface area contributed by atoms with Crippen LogP contribution in [0.3, 0.4) is 0 Å². The minimum absolute atomic E-state index is 0.0923. The standard InChI is InChI=1S/C14H16N4O2S.C2H6/c1-3-20-7-6-11-15-14(10-5-4-8-21-10)16-12-9-13(19)17(2)18(11)12;1-2/h4-5,8-9H,3,6-7H2,1-2H3;1-2H3. The second kappa shape index (κ2) is 8.03. The Labute approximate surface area is 139 Å². The molecule has 0 unspecified atom stereocenters. The smallest absolute Gasteiger partial charge is 0.269 e. The first kappa shape index (κ1) is 17.4. The molecule has 0 saturated heterocycles. The van der Waals surface area contributed by atoms with Gasteiger partial charge in [0, 0.05) is 26.1 Å². The molecule has 0 aliphatic heterocycles. The maximum Gasteiger partial charge on any atom is 0.269 e. The molecule has 0 amide bonds. The summed E-state index contributed by atoms with van der Waals surface area (Å²) in [6.45, 7) is 7.19. The Morgan fingerprint density at radius 1 is 1.30 bits per heavy atom. The summed E-state index contributed by atoms with van der Waals surface area (Å²) >= 11 is 1.58. The lowest BCUT2D eigenvalue weighted by Crippen LogP contribution is -2.19. The van der Waals surface area contributed by atoms with Gasteiger partial charge >= 0.3 is 0 Å². The van der Waals surface area contributed by atoms with Crippen LogP contribution in [0.25, 0.3) is 16.3 Å². The number of aryl methyl sites for hydroxylation is 1. The van der Waals surface area contributed by atoms with Gasteiger partial charge in [0.05, 0.1) is 11.5 Å². The van der Waals surface area contributed by atoms with Crippen LogP contribution in [-0.4, -0.2) is 32.4 Å². The number of ether oxygens (including phenoxy) is 1.